The minimum Gasteiger partial charge on any atom is -0.545 e. The molecule has 0 bridgehead atoms. The van der Waals surface area contributed by atoms with E-state index in [0.29, 0.717) is 30.0 Å². The fraction of sp³-hybridized carbons (Fsp3) is 0.519. The van der Waals surface area contributed by atoms with E-state index in [2.05, 4.69) is 6.58 Å². The van der Waals surface area contributed by atoms with Gasteiger partial charge in [0, 0.05) is 17.9 Å². The van der Waals surface area contributed by atoms with Crippen LogP contribution in [-0.2, 0) is 33.3 Å². The number of hydrogen-bond acceptors (Lipinski definition) is 12. The molecule has 3 heterocycles. The van der Waals surface area contributed by atoms with Crippen molar-refractivity contribution in [2.45, 2.75) is 49.8 Å². The molecule has 1 saturated heterocycles. The summed E-state index contributed by atoms with van der Waals surface area (Å²) in [5.41, 5.74) is 0.558. The Balaban J connectivity index is 1.85. The van der Waals surface area contributed by atoms with Crippen molar-refractivity contribution in [3.63, 3.8) is 0 Å². The number of carboxylic acids is 2. The average Bonchev–Trinajstić information content (AvgIpc) is 2.95. The Morgan fingerprint density at radius 2 is 1.93 bits per heavy atom. The van der Waals surface area contributed by atoms with Crippen molar-refractivity contribution in [2.24, 2.45) is 11.8 Å². The standard InChI is InChI=1S/C27H35NO13/c1-3-16-17(7-6-14-9-15(24(35)36)11-28(10-14)8-4-5-20(30)31)18(25(37)38-2)13-39-26(16)41-27-23(34)22(33)21(32)19(12-29)40-27/h3,6-7,9,11,13,16-17,19,21-23,26-27,29,32-34H,1,4-5,8,10,12H2,2H3,(H,30,31)(H,35,36)/b7-6+/t16-,17+,19-,21-,22+,23-,26+,27+/m1/s1. The Bertz CT molecular complexity index is 1110. The zero-order valence-electron chi connectivity index (χ0n) is 22.3. The third kappa shape index (κ3) is 7.89. The quantitative estimate of drug-likeness (QED) is 0.0976. The summed E-state index contributed by atoms with van der Waals surface area (Å²) in [6, 6.07) is 0. The topological polar surface area (TPSA) is 217 Å². The van der Waals surface area contributed by atoms with Crippen molar-refractivity contribution in [3.8, 4) is 0 Å². The van der Waals surface area contributed by atoms with Crippen LogP contribution in [0.15, 0.2) is 60.1 Å². The summed E-state index contributed by atoms with van der Waals surface area (Å²) in [6.45, 7) is 3.83. The minimum atomic E-state index is -1.70. The number of hydrogen-bond donors (Lipinski definition) is 6. The number of carbonyl (C=O) groups excluding carboxylic acids is 2. The highest BCUT2D eigenvalue weighted by Gasteiger charge is 2.47. The molecule has 0 amide bonds. The van der Waals surface area contributed by atoms with Crippen molar-refractivity contribution >= 4 is 17.9 Å². The van der Waals surface area contributed by atoms with Gasteiger partial charge in [0.05, 0.1) is 56.0 Å². The molecule has 0 aliphatic carbocycles. The largest absolute Gasteiger partial charge is 0.545 e. The molecular weight excluding hydrogens is 546 g/mol. The number of ether oxygens (including phenoxy) is 4. The van der Waals surface area contributed by atoms with Gasteiger partial charge in [-0.05, 0) is 6.08 Å². The maximum Gasteiger partial charge on any atom is 0.337 e. The van der Waals surface area contributed by atoms with Crippen molar-refractivity contribution in [2.75, 3.05) is 26.8 Å². The monoisotopic (exact) mass is 581 g/mol. The zero-order valence-corrected chi connectivity index (χ0v) is 22.3. The lowest BCUT2D eigenvalue weighted by Gasteiger charge is -2.42. The van der Waals surface area contributed by atoms with Gasteiger partial charge < -0.3 is 59.3 Å². The molecule has 0 aromatic rings. The van der Waals surface area contributed by atoms with E-state index in [4.69, 9.17) is 24.1 Å². The summed E-state index contributed by atoms with van der Waals surface area (Å²) in [7, 11) is 1.18. The predicted octanol–water partition coefficient (Wildman–Crippen LogP) is -3.49. The van der Waals surface area contributed by atoms with Gasteiger partial charge in [0.15, 0.2) is 6.29 Å². The highest BCUT2D eigenvalue weighted by molar-refractivity contribution is 5.89. The van der Waals surface area contributed by atoms with Gasteiger partial charge in [-0.25, -0.2) is 4.79 Å². The lowest BCUT2D eigenvalue weighted by atomic mass is 9.83. The number of esters is 1. The molecule has 14 nitrogen and oxygen atoms in total. The molecule has 3 aliphatic rings. The van der Waals surface area contributed by atoms with Crippen molar-refractivity contribution in [1.29, 1.82) is 0 Å². The second-order valence-corrected chi connectivity index (χ2v) is 9.79. The van der Waals surface area contributed by atoms with E-state index >= 15 is 0 Å². The molecule has 0 aromatic carbocycles. The number of methoxy groups -OCH3 is 1. The summed E-state index contributed by atoms with van der Waals surface area (Å²) in [4.78, 5) is 35.8. The van der Waals surface area contributed by atoms with Crippen molar-refractivity contribution in [3.05, 3.63) is 60.1 Å². The van der Waals surface area contributed by atoms with Crippen LogP contribution in [0.2, 0.25) is 0 Å². The number of aliphatic hydroxyl groups is 4. The molecular formula is C27H35NO13. The van der Waals surface area contributed by atoms with Crippen LogP contribution in [0.4, 0.5) is 0 Å². The highest BCUT2D eigenvalue weighted by atomic mass is 16.8. The first-order valence-corrected chi connectivity index (χ1v) is 12.9. The summed E-state index contributed by atoms with van der Waals surface area (Å²) >= 11 is 0. The molecule has 14 heteroatoms. The van der Waals surface area contributed by atoms with E-state index in [9.17, 15) is 39.9 Å². The average molecular weight is 582 g/mol. The van der Waals surface area contributed by atoms with E-state index in [1.807, 2.05) is 0 Å². The van der Waals surface area contributed by atoms with Gasteiger partial charge in [0.25, 0.3) is 0 Å². The van der Waals surface area contributed by atoms with Gasteiger partial charge >= 0.3 is 11.9 Å². The fourth-order valence-corrected chi connectivity index (χ4v) is 4.82. The van der Waals surface area contributed by atoms with Crippen molar-refractivity contribution < 1.29 is 68.9 Å². The Morgan fingerprint density at radius 3 is 2.54 bits per heavy atom. The smallest absolute Gasteiger partial charge is 0.337 e. The van der Waals surface area contributed by atoms with E-state index in [-0.39, 0.29) is 17.6 Å². The Kier molecular flexibility index (Phi) is 11.4. The lowest BCUT2D eigenvalue weighted by molar-refractivity contribution is -0.842. The Morgan fingerprint density at radius 1 is 1.20 bits per heavy atom. The first-order valence-electron chi connectivity index (χ1n) is 12.9. The van der Waals surface area contributed by atoms with Gasteiger partial charge in [-0.2, -0.15) is 0 Å². The van der Waals surface area contributed by atoms with Crippen LogP contribution in [0.5, 0.6) is 0 Å². The molecule has 226 valence electrons. The molecule has 9 atom stereocenters. The molecule has 3 rings (SSSR count). The number of rotatable bonds is 12. The molecule has 1 unspecified atom stereocenters. The summed E-state index contributed by atoms with van der Waals surface area (Å²) in [5, 5.41) is 60.5. The maximum atomic E-state index is 12.6. The van der Waals surface area contributed by atoms with E-state index < -0.39 is 73.3 Å². The number of carboxylic acid groups (broad SMARTS) is 2. The fourth-order valence-electron chi connectivity index (χ4n) is 4.82. The van der Waals surface area contributed by atoms with Gasteiger partial charge in [-0.1, -0.05) is 18.2 Å². The van der Waals surface area contributed by atoms with Gasteiger partial charge in [-0.15, -0.1) is 6.58 Å². The molecule has 41 heavy (non-hydrogen) atoms. The van der Waals surface area contributed by atoms with Gasteiger partial charge in [-0.3, -0.25) is 4.79 Å². The molecule has 0 spiro atoms. The van der Waals surface area contributed by atoms with Crippen molar-refractivity contribution in [1.82, 2.24) is 0 Å². The normalized spacial score (nSPS) is 33.7. The summed E-state index contributed by atoms with van der Waals surface area (Å²) in [6.07, 6.45) is -0.0187. The number of aliphatic hydroxyl groups excluding tert-OH is 4. The first-order chi connectivity index (χ1) is 19.5. The predicted molar refractivity (Wildman–Crippen MR) is 135 cm³/mol. The van der Waals surface area contributed by atoms with Crippen LogP contribution >= 0.6 is 0 Å². The number of aliphatic carboxylic acids is 2. The number of nitrogens with one attached hydrogen (secondary N) is 1. The zero-order chi connectivity index (χ0) is 30.3. The van der Waals surface area contributed by atoms with E-state index in [0.717, 1.165) is 6.26 Å². The van der Waals surface area contributed by atoms with E-state index in [1.54, 1.807) is 12.2 Å². The van der Waals surface area contributed by atoms with Crippen LogP contribution in [0.3, 0.4) is 0 Å². The second kappa shape index (κ2) is 14.5. The first kappa shape index (κ1) is 32.1. The number of quaternary nitrogens is 1. The summed E-state index contributed by atoms with van der Waals surface area (Å²) in [5.74, 6) is -4.65. The molecule has 0 aromatic heterocycles. The summed E-state index contributed by atoms with van der Waals surface area (Å²) < 4.78 is 21.7. The van der Waals surface area contributed by atoms with Crippen LogP contribution < -0.4 is 10.0 Å². The van der Waals surface area contributed by atoms with Gasteiger partial charge in [0.1, 0.15) is 37.2 Å². The minimum absolute atomic E-state index is 0.0703. The highest BCUT2D eigenvalue weighted by Crippen LogP contribution is 2.36. The number of allylic oxidation sites excluding steroid dienone is 1. The van der Waals surface area contributed by atoms with Crippen LogP contribution in [0.25, 0.3) is 0 Å². The lowest BCUT2D eigenvalue weighted by Crippen LogP contribution is -3.08. The third-order valence-corrected chi connectivity index (χ3v) is 7.00. The van der Waals surface area contributed by atoms with Crippen LogP contribution in [-0.4, -0.2) is 107 Å². The van der Waals surface area contributed by atoms with E-state index in [1.165, 1.54) is 25.5 Å². The molecule has 0 radical (unpaired) electrons. The second-order valence-electron chi connectivity index (χ2n) is 9.79. The Labute approximate surface area is 235 Å². The Hall–Kier alpha value is -3.37. The van der Waals surface area contributed by atoms with Crippen LogP contribution in [0, 0.1) is 11.8 Å². The molecule has 3 aliphatic heterocycles. The SMILES string of the molecule is C=C[C@H]1[C@H](O[C@@H]2O[C@H](CO)[C@@H](O)[C@H](O)[C@H]2O)OC=C(C(=O)OC)[C@H]1/C=C/C1=CC(C(=O)[O-])=C[NH+](CCCC(=O)O)C1. The molecule has 1 fully saturated rings. The van der Waals surface area contributed by atoms with Crippen LogP contribution in [0.1, 0.15) is 12.8 Å². The maximum absolute atomic E-state index is 12.6. The third-order valence-electron chi connectivity index (χ3n) is 7.00. The number of carbonyl (C=O) groups is 3. The molecule has 0 saturated carbocycles. The van der Waals surface area contributed by atoms with Gasteiger partial charge in [0.2, 0.25) is 6.29 Å². The molecule has 6 N–H and O–H groups in total.